The van der Waals surface area contributed by atoms with Crippen molar-refractivity contribution in [1.29, 1.82) is 0 Å². The Morgan fingerprint density at radius 1 is 0.895 bits per heavy atom. The summed E-state index contributed by atoms with van der Waals surface area (Å²) in [4.78, 5) is 55.0. The fourth-order valence-electron chi connectivity index (χ4n) is 3.23. The minimum atomic E-state index is -1.15. The molecule has 38 heavy (non-hydrogen) atoms. The van der Waals surface area contributed by atoms with Crippen molar-refractivity contribution in [2.24, 2.45) is 5.92 Å². The van der Waals surface area contributed by atoms with Gasteiger partial charge in [-0.05, 0) is 110 Å². The lowest BCUT2D eigenvalue weighted by Gasteiger charge is -2.29. The third-order valence-electron chi connectivity index (χ3n) is 4.65. The molecule has 2 amide bonds. The zero-order valence-corrected chi connectivity index (χ0v) is 25.5. The van der Waals surface area contributed by atoms with Crippen LogP contribution in [0.3, 0.4) is 0 Å². The second-order valence-electron chi connectivity index (χ2n) is 12.0. The Morgan fingerprint density at radius 2 is 1.45 bits per heavy atom. The van der Waals surface area contributed by atoms with Crippen molar-refractivity contribution >= 4 is 39.9 Å². The Bertz CT molecular complexity index is 978. The highest BCUT2D eigenvalue weighted by molar-refractivity contribution is 9.10. The van der Waals surface area contributed by atoms with E-state index in [1.54, 1.807) is 74.4 Å². The number of ether oxygens (including phenoxy) is 3. The van der Waals surface area contributed by atoms with Gasteiger partial charge in [-0.25, -0.2) is 14.6 Å². The highest BCUT2D eigenvalue weighted by atomic mass is 79.9. The molecule has 1 rings (SSSR count). The van der Waals surface area contributed by atoms with Crippen LogP contribution < -0.4 is 10.6 Å². The molecule has 214 valence electrons. The molecular weight excluding hydrogens is 558 g/mol. The van der Waals surface area contributed by atoms with E-state index in [4.69, 9.17) is 14.2 Å². The number of amides is 2. The van der Waals surface area contributed by atoms with E-state index in [1.807, 2.05) is 0 Å². The van der Waals surface area contributed by atoms with Gasteiger partial charge in [-0.1, -0.05) is 0 Å². The number of carbonyl (C=O) groups is 4. The van der Waals surface area contributed by atoms with Gasteiger partial charge in [-0.3, -0.25) is 9.59 Å². The number of aromatic nitrogens is 1. The largest absolute Gasteiger partial charge is 0.460 e. The van der Waals surface area contributed by atoms with Gasteiger partial charge >= 0.3 is 18.0 Å². The first-order valence-electron chi connectivity index (χ1n) is 12.6. The SMILES string of the molecule is CC(C)(C)OC(=O)N[C@@H](C[C@H](CCCNC(=O)c1ccnc(Br)c1)C(=O)OC(C)(C)C)C(=O)OC(C)(C)C. The normalized spacial score (nSPS) is 13.6. The molecular formula is C27H42BrN3O7. The fraction of sp³-hybridized carbons (Fsp3) is 0.667. The summed E-state index contributed by atoms with van der Waals surface area (Å²) in [5.41, 5.74) is -1.89. The lowest BCUT2D eigenvalue weighted by Crippen LogP contribution is -2.47. The molecule has 2 atom stereocenters. The Labute approximate surface area is 234 Å². The van der Waals surface area contributed by atoms with Crippen LogP contribution in [0.25, 0.3) is 0 Å². The number of rotatable bonds is 10. The third-order valence-corrected chi connectivity index (χ3v) is 5.08. The number of nitrogens with zero attached hydrogens (tertiary/aromatic N) is 1. The van der Waals surface area contributed by atoms with Crippen molar-refractivity contribution < 1.29 is 33.4 Å². The van der Waals surface area contributed by atoms with Crippen LogP contribution in [0.1, 0.15) is 91.9 Å². The number of halogens is 1. The first kappa shape index (κ1) is 33.3. The lowest BCUT2D eigenvalue weighted by molar-refractivity contribution is -0.163. The summed E-state index contributed by atoms with van der Waals surface area (Å²) in [5, 5.41) is 5.37. The van der Waals surface area contributed by atoms with Gasteiger partial charge < -0.3 is 24.8 Å². The Balaban J connectivity index is 3.01. The molecule has 0 fully saturated rings. The van der Waals surface area contributed by atoms with E-state index in [-0.39, 0.29) is 18.9 Å². The Kier molecular flexibility index (Phi) is 12.2. The number of alkyl carbamates (subject to hydrolysis) is 1. The number of hydrogen-bond donors (Lipinski definition) is 2. The standard InChI is InChI=1S/C27H42BrN3O7/c1-25(2,3)36-22(33)18(11-10-13-30-21(32)17-12-14-29-20(28)16-17)15-19(23(34)37-26(4,5)6)31-24(35)38-27(7,8)9/h12,14,16,18-19H,10-11,13,15H2,1-9H3,(H,30,32)(H,31,35)/t18-,19-/m0/s1. The second kappa shape index (κ2) is 13.9. The fourth-order valence-corrected chi connectivity index (χ4v) is 3.60. The first-order chi connectivity index (χ1) is 17.3. The maximum absolute atomic E-state index is 13.1. The highest BCUT2D eigenvalue weighted by Gasteiger charge is 2.34. The van der Waals surface area contributed by atoms with Crippen LogP contribution in [0.5, 0.6) is 0 Å². The van der Waals surface area contributed by atoms with E-state index in [1.165, 1.54) is 6.20 Å². The molecule has 0 saturated heterocycles. The van der Waals surface area contributed by atoms with Crippen LogP contribution in [0, 0.1) is 5.92 Å². The molecule has 0 aromatic carbocycles. The van der Waals surface area contributed by atoms with Gasteiger partial charge in [-0.15, -0.1) is 0 Å². The van der Waals surface area contributed by atoms with Crippen LogP contribution >= 0.6 is 15.9 Å². The first-order valence-corrected chi connectivity index (χ1v) is 13.4. The van der Waals surface area contributed by atoms with Gasteiger partial charge in [0, 0.05) is 18.3 Å². The van der Waals surface area contributed by atoms with Crippen molar-refractivity contribution in [2.75, 3.05) is 6.54 Å². The van der Waals surface area contributed by atoms with Crippen molar-refractivity contribution in [1.82, 2.24) is 15.6 Å². The van der Waals surface area contributed by atoms with Gasteiger partial charge in [0.15, 0.2) is 0 Å². The smallest absolute Gasteiger partial charge is 0.408 e. The Hall–Kier alpha value is -2.69. The zero-order valence-electron chi connectivity index (χ0n) is 23.9. The maximum atomic E-state index is 13.1. The third kappa shape index (κ3) is 14.3. The summed E-state index contributed by atoms with van der Waals surface area (Å²) in [6, 6.07) is 2.05. The number of hydrogen-bond acceptors (Lipinski definition) is 8. The molecule has 0 aliphatic carbocycles. The topological polar surface area (TPSA) is 133 Å². The van der Waals surface area contributed by atoms with Crippen molar-refractivity contribution in [2.45, 2.75) is 104 Å². The minimum absolute atomic E-state index is 0.0612. The van der Waals surface area contributed by atoms with E-state index in [9.17, 15) is 19.2 Å². The molecule has 1 aromatic heterocycles. The molecule has 1 aromatic rings. The van der Waals surface area contributed by atoms with Crippen LogP contribution in [-0.4, -0.2) is 58.3 Å². The van der Waals surface area contributed by atoms with Gasteiger partial charge in [0.2, 0.25) is 0 Å². The number of pyridine rings is 1. The van der Waals surface area contributed by atoms with Crippen LogP contribution in [-0.2, 0) is 23.8 Å². The molecule has 0 aliphatic rings. The molecule has 0 spiro atoms. The number of esters is 2. The number of carbonyl (C=O) groups excluding carboxylic acids is 4. The average molecular weight is 601 g/mol. The summed E-state index contributed by atoms with van der Waals surface area (Å²) >= 11 is 3.24. The molecule has 10 nitrogen and oxygen atoms in total. The molecule has 11 heteroatoms. The van der Waals surface area contributed by atoms with E-state index in [2.05, 4.69) is 31.5 Å². The van der Waals surface area contributed by atoms with Crippen LogP contribution in [0.15, 0.2) is 22.9 Å². The van der Waals surface area contributed by atoms with E-state index < -0.39 is 46.8 Å². The van der Waals surface area contributed by atoms with E-state index in [0.717, 1.165) is 0 Å². The summed E-state index contributed by atoms with van der Waals surface area (Å²) in [6.07, 6.45) is 1.38. The molecule has 0 radical (unpaired) electrons. The van der Waals surface area contributed by atoms with Crippen molar-refractivity contribution in [3.63, 3.8) is 0 Å². The lowest BCUT2D eigenvalue weighted by atomic mass is 9.94. The maximum Gasteiger partial charge on any atom is 0.408 e. The minimum Gasteiger partial charge on any atom is -0.460 e. The molecule has 1 heterocycles. The Morgan fingerprint density at radius 3 is 1.97 bits per heavy atom. The highest BCUT2D eigenvalue weighted by Crippen LogP contribution is 2.22. The molecule has 0 bridgehead atoms. The van der Waals surface area contributed by atoms with Gasteiger partial charge in [-0.2, -0.15) is 0 Å². The van der Waals surface area contributed by atoms with Gasteiger partial charge in [0.1, 0.15) is 27.4 Å². The van der Waals surface area contributed by atoms with Crippen molar-refractivity contribution in [3.05, 3.63) is 28.5 Å². The predicted molar refractivity (Wildman–Crippen MR) is 146 cm³/mol. The monoisotopic (exact) mass is 599 g/mol. The van der Waals surface area contributed by atoms with E-state index in [0.29, 0.717) is 23.0 Å². The molecule has 0 saturated carbocycles. The van der Waals surface area contributed by atoms with Crippen LogP contribution in [0.4, 0.5) is 4.79 Å². The predicted octanol–water partition coefficient (Wildman–Crippen LogP) is 4.94. The van der Waals surface area contributed by atoms with E-state index >= 15 is 0 Å². The van der Waals surface area contributed by atoms with Gasteiger partial charge in [0.25, 0.3) is 5.91 Å². The molecule has 0 aliphatic heterocycles. The van der Waals surface area contributed by atoms with Gasteiger partial charge in [0.05, 0.1) is 5.92 Å². The second-order valence-corrected chi connectivity index (χ2v) is 12.8. The summed E-state index contributed by atoms with van der Waals surface area (Å²) in [5.74, 6) is -2.23. The summed E-state index contributed by atoms with van der Waals surface area (Å²) in [7, 11) is 0. The van der Waals surface area contributed by atoms with Crippen LogP contribution in [0.2, 0.25) is 0 Å². The molecule has 0 unspecified atom stereocenters. The summed E-state index contributed by atoms with van der Waals surface area (Å²) < 4.78 is 17.0. The zero-order chi connectivity index (χ0) is 29.3. The average Bonchev–Trinajstić information content (AvgIpc) is 2.71. The molecule has 2 N–H and O–H groups in total. The van der Waals surface area contributed by atoms with Crippen molar-refractivity contribution in [3.8, 4) is 0 Å². The number of nitrogens with one attached hydrogen (secondary N) is 2. The summed E-state index contributed by atoms with van der Waals surface area (Å²) in [6.45, 7) is 15.8. The quantitative estimate of drug-likeness (QED) is 0.167.